The predicted octanol–water partition coefficient (Wildman–Crippen LogP) is 2.24. The topological polar surface area (TPSA) is 78.3 Å². The Bertz CT molecular complexity index is 597. The number of hydrogen-bond donors (Lipinski definition) is 2. The van der Waals surface area contributed by atoms with E-state index in [2.05, 4.69) is 0 Å². The van der Waals surface area contributed by atoms with Crippen LogP contribution in [0.15, 0.2) is 48.5 Å². The van der Waals surface area contributed by atoms with E-state index in [9.17, 15) is 4.79 Å². The molecule has 104 valence electrons. The molecule has 1 atom stereocenters. The van der Waals surface area contributed by atoms with Crippen LogP contribution in [0.25, 0.3) is 11.1 Å². The van der Waals surface area contributed by atoms with Gasteiger partial charge in [-0.2, -0.15) is 0 Å². The van der Waals surface area contributed by atoms with Gasteiger partial charge in [0.05, 0.1) is 7.11 Å². The molecule has 0 aliphatic rings. The van der Waals surface area contributed by atoms with Crippen LogP contribution in [0.4, 0.5) is 0 Å². The molecule has 0 aromatic heterocycles. The minimum absolute atomic E-state index is 0.0919. The summed E-state index contributed by atoms with van der Waals surface area (Å²) in [4.78, 5) is 11.0. The summed E-state index contributed by atoms with van der Waals surface area (Å²) in [6.07, 6.45) is 0.0919. The lowest BCUT2D eigenvalue weighted by Gasteiger charge is -2.16. The normalized spacial score (nSPS) is 11.9. The molecule has 0 saturated heterocycles. The van der Waals surface area contributed by atoms with Crippen molar-refractivity contribution in [2.24, 2.45) is 11.5 Å². The highest BCUT2D eigenvalue weighted by Crippen LogP contribution is 2.30. The van der Waals surface area contributed by atoms with Gasteiger partial charge in [-0.15, -0.1) is 0 Å². The molecule has 20 heavy (non-hydrogen) atoms. The van der Waals surface area contributed by atoms with Crippen molar-refractivity contribution in [1.82, 2.24) is 0 Å². The van der Waals surface area contributed by atoms with Gasteiger partial charge in [0.15, 0.2) is 0 Å². The fraction of sp³-hybridized carbons (Fsp3) is 0.188. The van der Waals surface area contributed by atoms with Gasteiger partial charge in [-0.3, -0.25) is 4.79 Å². The molecular weight excluding hydrogens is 252 g/mol. The van der Waals surface area contributed by atoms with Gasteiger partial charge < -0.3 is 16.2 Å². The third kappa shape index (κ3) is 3.16. The first-order valence-corrected chi connectivity index (χ1v) is 6.39. The zero-order valence-electron chi connectivity index (χ0n) is 11.4. The van der Waals surface area contributed by atoms with Crippen molar-refractivity contribution >= 4 is 5.91 Å². The molecule has 1 amide bonds. The molecule has 2 aromatic rings. The Labute approximate surface area is 118 Å². The van der Waals surface area contributed by atoms with Gasteiger partial charge in [0.2, 0.25) is 5.91 Å². The van der Waals surface area contributed by atoms with Crippen LogP contribution in [0.1, 0.15) is 18.0 Å². The van der Waals surface area contributed by atoms with E-state index in [1.165, 1.54) is 0 Å². The summed E-state index contributed by atoms with van der Waals surface area (Å²) in [5.74, 6) is 0.239. The highest BCUT2D eigenvalue weighted by molar-refractivity contribution is 5.75. The second-order valence-electron chi connectivity index (χ2n) is 4.60. The first kappa shape index (κ1) is 14.1. The molecule has 4 heteroatoms. The summed E-state index contributed by atoms with van der Waals surface area (Å²) in [6, 6.07) is 15.3. The first-order valence-electron chi connectivity index (χ1n) is 6.39. The van der Waals surface area contributed by atoms with Crippen molar-refractivity contribution < 1.29 is 9.53 Å². The fourth-order valence-electron chi connectivity index (χ4n) is 2.16. The van der Waals surface area contributed by atoms with Crippen LogP contribution in [0.3, 0.4) is 0 Å². The summed E-state index contributed by atoms with van der Waals surface area (Å²) < 4.78 is 5.31. The third-order valence-electron chi connectivity index (χ3n) is 3.16. The summed E-state index contributed by atoms with van der Waals surface area (Å²) >= 11 is 0. The highest BCUT2D eigenvalue weighted by Gasteiger charge is 2.15. The average Bonchev–Trinajstić information content (AvgIpc) is 2.46. The van der Waals surface area contributed by atoms with Crippen LogP contribution < -0.4 is 16.2 Å². The quantitative estimate of drug-likeness (QED) is 0.874. The molecule has 0 spiro atoms. The SMILES string of the molecule is COc1ccc(-c2ccccc2)cc1C(N)CC(N)=O. The number of methoxy groups -OCH3 is 1. The summed E-state index contributed by atoms with van der Waals surface area (Å²) in [6.45, 7) is 0. The standard InChI is InChI=1S/C16H18N2O2/c1-20-15-8-7-12(11-5-3-2-4-6-11)9-13(15)14(17)10-16(18)19/h2-9,14H,10,17H2,1H3,(H2,18,19). The van der Waals surface area contributed by atoms with E-state index in [1.807, 2.05) is 48.5 Å². The smallest absolute Gasteiger partial charge is 0.219 e. The van der Waals surface area contributed by atoms with Crippen LogP contribution in [0, 0.1) is 0 Å². The van der Waals surface area contributed by atoms with Gasteiger partial charge in [0.25, 0.3) is 0 Å². The second kappa shape index (κ2) is 6.21. The number of carbonyl (C=O) groups excluding carboxylic acids is 1. The minimum Gasteiger partial charge on any atom is -0.496 e. The van der Waals surface area contributed by atoms with Gasteiger partial charge in [0, 0.05) is 18.0 Å². The van der Waals surface area contributed by atoms with Gasteiger partial charge in [-0.25, -0.2) is 0 Å². The average molecular weight is 270 g/mol. The molecule has 4 N–H and O–H groups in total. The molecule has 0 aliphatic heterocycles. The lowest BCUT2D eigenvalue weighted by molar-refractivity contribution is -0.118. The van der Waals surface area contributed by atoms with E-state index in [4.69, 9.17) is 16.2 Å². The fourth-order valence-corrected chi connectivity index (χ4v) is 2.16. The van der Waals surface area contributed by atoms with Crippen LogP contribution in [-0.4, -0.2) is 13.0 Å². The van der Waals surface area contributed by atoms with Crippen LogP contribution >= 0.6 is 0 Å². The maximum absolute atomic E-state index is 11.0. The maximum atomic E-state index is 11.0. The lowest BCUT2D eigenvalue weighted by Crippen LogP contribution is -2.21. The molecular formula is C16H18N2O2. The zero-order chi connectivity index (χ0) is 14.5. The first-order chi connectivity index (χ1) is 9.61. The van der Waals surface area contributed by atoms with Crippen molar-refractivity contribution in [3.63, 3.8) is 0 Å². The Morgan fingerprint density at radius 3 is 2.45 bits per heavy atom. The molecule has 2 rings (SSSR count). The number of carbonyl (C=O) groups is 1. The molecule has 0 saturated carbocycles. The number of ether oxygens (including phenoxy) is 1. The Balaban J connectivity index is 2.41. The Kier molecular flexibility index (Phi) is 4.38. The summed E-state index contributed by atoms with van der Waals surface area (Å²) in [5.41, 5.74) is 14.1. The maximum Gasteiger partial charge on any atom is 0.219 e. The third-order valence-corrected chi connectivity index (χ3v) is 3.16. The van der Waals surface area contributed by atoms with E-state index in [-0.39, 0.29) is 6.42 Å². The number of primary amides is 1. The molecule has 1 unspecified atom stereocenters. The molecule has 2 aromatic carbocycles. The van der Waals surface area contributed by atoms with Crippen LogP contribution in [0.5, 0.6) is 5.75 Å². The zero-order valence-corrected chi connectivity index (χ0v) is 11.4. The molecule has 0 aliphatic carbocycles. The monoisotopic (exact) mass is 270 g/mol. The van der Waals surface area contributed by atoms with Crippen LogP contribution in [0.2, 0.25) is 0 Å². The van der Waals surface area contributed by atoms with Crippen molar-refractivity contribution in [3.05, 3.63) is 54.1 Å². The Morgan fingerprint density at radius 1 is 1.15 bits per heavy atom. The van der Waals surface area contributed by atoms with Gasteiger partial charge in [0.1, 0.15) is 5.75 Å². The molecule has 0 bridgehead atoms. The summed E-state index contributed by atoms with van der Waals surface area (Å²) in [7, 11) is 1.58. The molecule has 0 fully saturated rings. The number of rotatable bonds is 5. The lowest BCUT2D eigenvalue weighted by atomic mass is 9.97. The van der Waals surface area contributed by atoms with E-state index in [1.54, 1.807) is 7.11 Å². The van der Waals surface area contributed by atoms with E-state index >= 15 is 0 Å². The molecule has 0 radical (unpaired) electrons. The minimum atomic E-state index is -0.467. The van der Waals surface area contributed by atoms with E-state index in [0.29, 0.717) is 5.75 Å². The Morgan fingerprint density at radius 2 is 1.85 bits per heavy atom. The summed E-state index contributed by atoms with van der Waals surface area (Å²) in [5, 5.41) is 0. The predicted molar refractivity (Wildman–Crippen MR) is 79.2 cm³/mol. The van der Waals surface area contributed by atoms with Gasteiger partial charge >= 0.3 is 0 Å². The van der Waals surface area contributed by atoms with Crippen LogP contribution in [-0.2, 0) is 4.79 Å². The van der Waals surface area contributed by atoms with Crippen molar-refractivity contribution in [1.29, 1.82) is 0 Å². The second-order valence-corrected chi connectivity index (χ2v) is 4.60. The van der Waals surface area contributed by atoms with Gasteiger partial charge in [-0.1, -0.05) is 36.4 Å². The van der Waals surface area contributed by atoms with Gasteiger partial charge in [-0.05, 0) is 23.3 Å². The van der Waals surface area contributed by atoms with Crippen molar-refractivity contribution in [3.8, 4) is 16.9 Å². The molecule has 4 nitrogen and oxygen atoms in total. The largest absolute Gasteiger partial charge is 0.496 e. The van der Waals surface area contributed by atoms with E-state index < -0.39 is 11.9 Å². The molecule has 0 heterocycles. The van der Waals surface area contributed by atoms with E-state index in [0.717, 1.165) is 16.7 Å². The Hall–Kier alpha value is -2.33. The van der Waals surface area contributed by atoms with Crippen molar-refractivity contribution in [2.75, 3.05) is 7.11 Å². The number of hydrogen-bond acceptors (Lipinski definition) is 3. The van der Waals surface area contributed by atoms with Crippen molar-refractivity contribution in [2.45, 2.75) is 12.5 Å². The number of nitrogens with two attached hydrogens (primary N) is 2. The number of amides is 1. The highest BCUT2D eigenvalue weighted by atomic mass is 16.5. The number of benzene rings is 2.